The van der Waals surface area contributed by atoms with E-state index in [1.807, 2.05) is 28.8 Å². The second-order valence-corrected chi connectivity index (χ2v) is 6.90. The van der Waals surface area contributed by atoms with E-state index in [0.717, 1.165) is 23.9 Å². The lowest BCUT2D eigenvalue weighted by molar-refractivity contribution is -0.133. The summed E-state index contributed by atoms with van der Waals surface area (Å²) in [7, 11) is 0. The summed E-state index contributed by atoms with van der Waals surface area (Å²) >= 11 is 0. The molecule has 1 aromatic carbocycles. The van der Waals surface area contributed by atoms with Gasteiger partial charge in [-0.25, -0.2) is 4.39 Å². The van der Waals surface area contributed by atoms with Crippen molar-refractivity contribution in [2.45, 2.75) is 38.1 Å². The van der Waals surface area contributed by atoms with Crippen LogP contribution >= 0.6 is 0 Å². The van der Waals surface area contributed by atoms with Crippen molar-refractivity contribution < 1.29 is 13.7 Å². The minimum Gasteiger partial charge on any atom is -0.356 e. The Bertz CT molecular complexity index is 898. The number of nitrogens with zero attached hydrogens (tertiary/aromatic N) is 4. The van der Waals surface area contributed by atoms with Gasteiger partial charge in [-0.15, -0.1) is 0 Å². The molecule has 1 atom stereocenters. The van der Waals surface area contributed by atoms with Gasteiger partial charge in [-0.05, 0) is 38.0 Å². The summed E-state index contributed by atoms with van der Waals surface area (Å²) in [5, 5.41) is 9.22. The van der Waals surface area contributed by atoms with Crippen LogP contribution < -0.4 is 0 Å². The fourth-order valence-electron chi connectivity index (χ4n) is 3.64. The Morgan fingerprint density at radius 1 is 1.38 bits per heavy atom. The summed E-state index contributed by atoms with van der Waals surface area (Å²) in [4.78, 5) is 14.5. The van der Waals surface area contributed by atoms with Crippen molar-refractivity contribution in [3.05, 3.63) is 48.2 Å². The van der Waals surface area contributed by atoms with Crippen LogP contribution in [0.25, 0.3) is 11.0 Å². The molecule has 0 aliphatic carbocycles. The van der Waals surface area contributed by atoms with E-state index < -0.39 is 0 Å². The summed E-state index contributed by atoms with van der Waals surface area (Å²) in [5.41, 5.74) is 1.35. The molecular formula is C19H21FN4O2. The van der Waals surface area contributed by atoms with Crippen molar-refractivity contribution in [3.8, 4) is 0 Å². The number of benzene rings is 1. The van der Waals surface area contributed by atoms with Gasteiger partial charge in [-0.3, -0.25) is 9.48 Å². The number of likely N-dealkylation sites (tertiary alicyclic amines) is 1. The van der Waals surface area contributed by atoms with Gasteiger partial charge in [-0.1, -0.05) is 5.16 Å². The zero-order valence-corrected chi connectivity index (χ0v) is 14.6. The van der Waals surface area contributed by atoms with E-state index in [1.165, 1.54) is 12.1 Å². The van der Waals surface area contributed by atoms with E-state index in [4.69, 9.17) is 4.52 Å². The normalized spacial score (nSPS) is 16.9. The van der Waals surface area contributed by atoms with E-state index in [0.29, 0.717) is 25.1 Å². The lowest BCUT2D eigenvalue weighted by Crippen LogP contribution is -2.38. The van der Waals surface area contributed by atoms with Gasteiger partial charge in [0, 0.05) is 49.3 Å². The average Bonchev–Trinajstić information content (AvgIpc) is 3.31. The highest BCUT2D eigenvalue weighted by Gasteiger charge is 2.28. The van der Waals surface area contributed by atoms with Crippen LogP contribution in [0, 0.1) is 5.82 Å². The summed E-state index contributed by atoms with van der Waals surface area (Å²) < 4.78 is 20.4. The molecule has 0 radical (unpaired) electrons. The van der Waals surface area contributed by atoms with Crippen LogP contribution in [0.15, 0.2) is 41.2 Å². The Morgan fingerprint density at radius 2 is 2.19 bits per heavy atom. The highest BCUT2D eigenvalue weighted by atomic mass is 19.1. The number of halogens is 1. The van der Waals surface area contributed by atoms with Crippen LogP contribution in [0.4, 0.5) is 4.39 Å². The Hall–Kier alpha value is -2.70. The number of aromatic nitrogens is 3. The largest absolute Gasteiger partial charge is 0.356 e. The highest BCUT2D eigenvalue weighted by Crippen LogP contribution is 2.33. The second-order valence-electron chi connectivity index (χ2n) is 6.90. The van der Waals surface area contributed by atoms with Crippen LogP contribution in [0.3, 0.4) is 0 Å². The maximum absolute atomic E-state index is 13.3. The van der Waals surface area contributed by atoms with Crippen molar-refractivity contribution in [1.82, 2.24) is 19.8 Å². The molecule has 1 amide bonds. The molecule has 7 heteroatoms. The highest BCUT2D eigenvalue weighted by molar-refractivity contribution is 5.80. The van der Waals surface area contributed by atoms with Gasteiger partial charge in [-0.2, -0.15) is 5.10 Å². The molecule has 0 N–H and O–H groups in total. The lowest BCUT2D eigenvalue weighted by Gasteiger charge is -2.32. The third-order valence-electron chi connectivity index (χ3n) is 5.14. The van der Waals surface area contributed by atoms with Crippen molar-refractivity contribution in [2.75, 3.05) is 13.1 Å². The first-order valence-electron chi connectivity index (χ1n) is 8.93. The molecule has 1 unspecified atom stereocenters. The molecule has 0 bridgehead atoms. The number of piperidine rings is 1. The lowest BCUT2D eigenvalue weighted by atomic mass is 9.91. The predicted molar refractivity (Wildman–Crippen MR) is 94.1 cm³/mol. The first kappa shape index (κ1) is 16.8. The van der Waals surface area contributed by atoms with Gasteiger partial charge >= 0.3 is 0 Å². The first-order chi connectivity index (χ1) is 12.6. The van der Waals surface area contributed by atoms with Gasteiger partial charge < -0.3 is 9.42 Å². The van der Waals surface area contributed by atoms with Crippen molar-refractivity contribution in [3.63, 3.8) is 0 Å². The molecule has 1 saturated heterocycles. The molecule has 0 spiro atoms. The third kappa shape index (κ3) is 3.21. The summed E-state index contributed by atoms with van der Waals surface area (Å²) in [6.07, 6.45) is 5.71. The summed E-state index contributed by atoms with van der Waals surface area (Å²) in [5.74, 6) is 0.0553. The molecule has 0 saturated carbocycles. The van der Waals surface area contributed by atoms with Crippen LogP contribution in [-0.4, -0.2) is 38.8 Å². The average molecular weight is 356 g/mol. The number of carbonyl (C=O) groups is 1. The molecule has 6 nitrogen and oxygen atoms in total. The number of fused-ring (bicyclic) bond motifs is 1. The zero-order valence-electron chi connectivity index (χ0n) is 14.6. The van der Waals surface area contributed by atoms with Gasteiger partial charge in [0.25, 0.3) is 0 Å². The van der Waals surface area contributed by atoms with E-state index in [1.54, 1.807) is 12.3 Å². The molecule has 4 rings (SSSR count). The van der Waals surface area contributed by atoms with Gasteiger partial charge in [0.2, 0.25) is 5.91 Å². The summed E-state index contributed by atoms with van der Waals surface area (Å²) in [6.45, 7) is 3.40. The summed E-state index contributed by atoms with van der Waals surface area (Å²) in [6, 6.07) is 6.42. The van der Waals surface area contributed by atoms with E-state index >= 15 is 0 Å². The number of hydrogen-bond donors (Lipinski definition) is 0. The van der Waals surface area contributed by atoms with Gasteiger partial charge in [0.15, 0.2) is 5.58 Å². The monoisotopic (exact) mass is 356 g/mol. The molecule has 3 aromatic rings. The molecule has 3 heterocycles. The van der Waals surface area contributed by atoms with Crippen molar-refractivity contribution in [1.29, 1.82) is 0 Å². The molecule has 1 aliphatic rings. The maximum Gasteiger partial charge on any atom is 0.224 e. The van der Waals surface area contributed by atoms with E-state index in [9.17, 15) is 9.18 Å². The van der Waals surface area contributed by atoms with Crippen LogP contribution in [0.2, 0.25) is 0 Å². The quantitative estimate of drug-likeness (QED) is 0.717. The van der Waals surface area contributed by atoms with Gasteiger partial charge in [0.1, 0.15) is 5.82 Å². The molecule has 136 valence electrons. The Labute approximate surface area is 150 Å². The number of carbonyl (C=O) groups excluding carboxylic acids is 1. The Morgan fingerprint density at radius 3 is 2.92 bits per heavy atom. The van der Waals surface area contributed by atoms with Crippen LogP contribution in [-0.2, 0) is 4.79 Å². The fourth-order valence-corrected chi connectivity index (χ4v) is 3.64. The van der Waals surface area contributed by atoms with E-state index in [2.05, 4.69) is 10.3 Å². The van der Waals surface area contributed by atoms with Crippen LogP contribution in [0.1, 0.15) is 43.8 Å². The fraction of sp³-hybridized carbons (Fsp3) is 0.421. The third-order valence-corrected chi connectivity index (χ3v) is 5.14. The standard InChI is InChI=1S/C19H21FN4O2/c1-13(24-8-2-7-21-24)11-18(25)23-9-5-14(6-10-23)19-16-4-3-15(20)12-17(16)26-22-19/h2-4,7-8,12-14H,5-6,9-11H2,1H3. The van der Waals surface area contributed by atoms with Crippen molar-refractivity contribution >= 4 is 16.9 Å². The van der Waals surface area contributed by atoms with Crippen LogP contribution in [0.5, 0.6) is 0 Å². The Kier molecular flexibility index (Phi) is 4.44. The SMILES string of the molecule is CC(CC(=O)N1CCC(c2noc3cc(F)ccc23)CC1)n1cccn1. The number of rotatable bonds is 4. The molecule has 2 aromatic heterocycles. The molecule has 26 heavy (non-hydrogen) atoms. The minimum absolute atomic E-state index is 0.0459. The minimum atomic E-state index is -0.327. The molecule has 1 fully saturated rings. The molecule has 1 aliphatic heterocycles. The smallest absolute Gasteiger partial charge is 0.224 e. The first-order valence-corrected chi connectivity index (χ1v) is 8.93. The number of hydrogen-bond acceptors (Lipinski definition) is 4. The zero-order chi connectivity index (χ0) is 18.1. The van der Waals surface area contributed by atoms with E-state index in [-0.39, 0.29) is 23.7 Å². The molecular weight excluding hydrogens is 335 g/mol. The van der Waals surface area contributed by atoms with Gasteiger partial charge in [0.05, 0.1) is 11.7 Å². The topological polar surface area (TPSA) is 64.2 Å². The maximum atomic E-state index is 13.3. The Balaban J connectivity index is 1.38. The van der Waals surface area contributed by atoms with Crippen molar-refractivity contribution in [2.24, 2.45) is 0 Å². The predicted octanol–water partition coefficient (Wildman–Crippen LogP) is 3.52. The second kappa shape index (κ2) is 6.90. The number of amides is 1.